The Bertz CT molecular complexity index is 606. The van der Waals surface area contributed by atoms with Crippen LogP contribution in [0.25, 0.3) is 0 Å². The summed E-state index contributed by atoms with van der Waals surface area (Å²) in [4.78, 5) is 8.87. The fourth-order valence-electron chi connectivity index (χ4n) is 3.23. The average molecular weight is 332 g/mol. The van der Waals surface area contributed by atoms with E-state index in [2.05, 4.69) is 57.6 Å². The van der Waals surface area contributed by atoms with Gasteiger partial charge in [0.2, 0.25) is 0 Å². The van der Waals surface area contributed by atoms with Gasteiger partial charge in [-0.15, -0.1) is 0 Å². The molecular formula is C16H24N6S. The van der Waals surface area contributed by atoms with E-state index in [1.165, 1.54) is 0 Å². The zero-order valence-electron chi connectivity index (χ0n) is 13.9. The Labute approximate surface area is 142 Å². The highest BCUT2D eigenvalue weighted by Gasteiger charge is 2.23. The van der Waals surface area contributed by atoms with Crippen LogP contribution in [-0.4, -0.2) is 59.5 Å². The van der Waals surface area contributed by atoms with Gasteiger partial charge in [-0.1, -0.05) is 0 Å². The molecule has 0 radical (unpaired) electrons. The monoisotopic (exact) mass is 332 g/mol. The van der Waals surface area contributed by atoms with Crippen molar-refractivity contribution in [2.45, 2.75) is 32.4 Å². The zero-order chi connectivity index (χ0) is 16.4. The molecule has 2 aliphatic heterocycles. The third kappa shape index (κ3) is 3.61. The Morgan fingerprint density at radius 2 is 2.13 bits per heavy atom. The maximum atomic E-state index is 5.52. The SMILES string of the molecule is C[C@@H]1CN(C(=S)N/N=C2/CCN(C)c3cccnc32)C[C@H](C)N1. The van der Waals surface area contributed by atoms with E-state index in [0.717, 1.165) is 43.1 Å². The lowest BCUT2D eigenvalue weighted by atomic mass is 10.1. The fraction of sp³-hybridized carbons (Fsp3) is 0.562. The Hall–Kier alpha value is -1.73. The maximum absolute atomic E-state index is 5.52. The van der Waals surface area contributed by atoms with Gasteiger partial charge in [0.15, 0.2) is 5.11 Å². The summed E-state index contributed by atoms with van der Waals surface area (Å²) < 4.78 is 0. The van der Waals surface area contributed by atoms with Crippen molar-refractivity contribution in [2.24, 2.45) is 5.10 Å². The van der Waals surface area contributed by atoms with Crippen LogP contribution in [0.15, 0.2) is 23.4 Å². The van der Waals surface area contributed by atoms with Crippen LogP contribution in [0.4, 0.5) is 5.69 Å². The average Bonchev–Trinajstić information content (AvgIpc) is 2.53. The predicted molar refractivity (Wildman–Crippen MR) is 98.0 cm³/mol. The van der Waals surface area contributed by atoms with E-state index in [1.54, 1.807) is 0 Å². The van der Waals surface area contributed by atoms with Gasteiger partial charge in [0.05, 0.1) is 11.4 Å². The second-order valence-corrected chi connectivity index (χ2v) is 6.78. The molecule has 0 spiro atoms. The number of pyridine rings is 1. The van der Waals surface area contributed by atoms with Crippen LogP contribution >= 0.6 is 12.2 Å². The Morgan fingerprint density at radius 3 is 2.87 bits per heavy atom. The van der Waals surface area contributed by atoms with E-state index >= 15 is 0 Å². The molecule has 7 heteroatoms. The highest BCUT2D eigenvalue weighted by atomic mass is 32.1. The van der Waals surface area contributed by atoms with Crippen LogP contribution in [0.5, 0.6) is 0 Å². The second-order valence-electron chi connectivity index (χ2n) is 6.39. The molecular weight excluding hydrogens is 308 g/mol. The van der Waals surface area contributed by atoms with E-state index in [9.17, 15) is 0 Å². The quantitative estimate of drug-likeness (QED) is 0.595. The molecule has 2 N–H and O–H groups in total. The Kier molecular flexibility index (Phi) is 4.77. The summed E-state index contributed by atoms with van der Waals surface area (Å²) in [5.74, 6) is 0. The molecule has 1 aromatic heterocycles. The maximum Gasteiger partial charge on any atom is 0.189 e. The molecule has 0 saturated carbocycles. The molecule has 2 atom stereocenters. The fourth-order valence-corrected chi connectivity index (χ4v) is 3.42. The molecule has 124 valence electrons. The van der Waals surface area contributed by atoms with Crippen molar-refractivity contribution in [3.05, 3.63) is 24.0 Å². The lowest BCUT2D eigenvalue weighted by Crippen LogP contribution is -2.57. The van der Waals surface area contributed by atoms with Crippen molar-refractivity contribution in [3.8, 4) is 0 Å². The molecule has 0 bridgehead atoms. The summed E-state index contributed by atoms with van der Waals surface area (Å²) >= 11 is 5.52. The topological polar surface area (TPSA) is 55.8 Å². The van der Waals surface area contributed by atoms with Gasteiger partial charge in [0.1, 0.15) is 5.69 Å². The summed E-state index contributed by atoms with van der Waals surface area (Å²) in [6, 6.07) is 4.89. The van der Waals surface area contributed by atoms with E-state index in [-0.39, 0.29) is 0 Å². The second kappa shape index (κ2) is 6.80. The van der Waals surface area contributed by atoms with Crippen LogP contribution in [0.1, 0.15) is 26.0 Å². The molecule has 0 aliphatic carbocycles. The van der Waals surface area contributed by atoms with Gasteiger partial charge in [0.25, 0.3) is 0 Å². The Balaban J connectivity index is 1.71. The third-order valence-corrected chi connectivity index (χ3v) is 4.64. The van der Waals surface area contributed by atoms with Gasteiger partial charge in [-0.2, -0.15) is 5.10 Å². The summed E-state index contributed by atoms with van der Waals surface area (Å²) in [6.45, 7) is 7.09. The lowest BCUT2D eigenvalue weighted by molar-refractivity contribution is 0.253. The first-order chi connectivity index (χ1) is 11.0. The number of rotatable bonds is 1. The molecule has 0 amide bonds. The molecule has 3 rings (SSSR count). The molecule has 1 fully saturated rings. The van der Waals surface area contributed by atoms with E-state index < -0.39 is 0 Å². The number of fused-ring (bicyclic) bond motifs is 1. The third-order valence-electron chi connectivity index (χ3n) is 4.29. The summed E-state index contributed by atoms with van der Waals surface area (Å²) in [5.41, 5.74) is 6.11. The van der Waals surface area contributed by atoms with Crippen molar-refractivity contribution in [1.29, 1.82) is 0 Å². The molecule has 23 heavy (non-hydrogen) atoms. The van der Waals surface area contributed by atoms with E-state index in [1.807, 2.05) is 12.3 Å². The summed E-state index contributed by atoms with van der Waals surface area (Å²) in [6.07, 6.45) is 2.68. The van der Waals surface area contributed by atoms with Gasteiger partial charge in [-0.05, 0) is 38.2 Å². The predicted octanol–water partition coefficient (Wildman–Crippen LogP) is 1.18. The highest BCUT2D eigenvalue weighted by molar-refractivity contribution is 7.80. The minimum atomic E-state index is 0.428. The molecule has 0 aromatic carbocycles. The van der Waals surface area contributed by atoms with Crippen LogP contribution in [0.2, 0.25) is 0 Å². The largest absolute Gasteiger partial charge is 0.372 e. The van der Waals surface area contributed by atoms with E-state index in [0.29, 0.717) is 17.2 Å². The normalized spacial score (nSPS) is 26.1. The van der Waals surface area contributed by atoms with Crippen molar-refractivity contribution >= 4 is 28.7 Å². The van der Waals surface area contributed by atoms with Crippen molar-refractivity contribution < 1.29 is 0 Å². The molecule has 1 aromatic rings. The number of hydrogen-bond acceptors (Lipinski definition) is 5. The van der Waals surface area contributed by atoms with Crippen LogP contribution in [0, 0.1) is 0 Å². The van der Waals surface area contributed by atoms with Crippen LogP contribution in [-0.2, 0) is 0 Å². The van der Waals surface area contributed by atoms with Gasteiger partial charge in [-0.3, -0.25) is 10.4 Å². The van der Waals surface area contributed by atoms with E-state index in [4.69, 9.17) is 12.2 Å². The van der Waals surface area contributed by atoms with Gasteiger partial charge < -0.3 is 15.1 Å². The number of anilines is 1. The van der Waals surface area contributed by atoms with Gasteiger partial charge in [-0.25, -0.2) is 0 Å². The number of piperazine rings is 1. The lowest BCUT2D eigenvalue weighted by Gasteiger charge is -2.37. The molecule has 6 nitrogen and oxygen atoms in total. The summed E-state index contributed by atoms with van der Waals surface area (Å²) in [5, 5.41) is 8.75. The minimum absolute atomic E-state index is 0.428. The number of hydrogen-bond donors (Lipinski definition) is 2. The van der Waals surface area contributed by atoms with Crippen LogP contribution in [0.3, 0.4) is 0 Å². The standard InChI is InChI=1S/C16H24N6S/c1-11-9-22(10-12(2)18-11)16(23)20-19-13-6-8-21(3)14-5-4-7-17-15(13)14/h4-5,7,11-12,18H,6,8-10H2,1-3H3,(H,20,23)/b19-13-/t11-,12+. The van der Waals surface area contributed by atoms with Gasteiger partial charge >= 0.3 is 0 Å². The van der Waals surface area contributed by atoms with Crippen molar-refractivity contribution in [3.63, 3.8) is 0 Å². The highest BCUT2D eigenvalue weighted by Crippen LogP contribution is 2.23. The first-order valence-electron chi connectivity index (χ1n) is 8.08. The summed E-state index contributed by atoms with van der Waals surface area (Å²) in [7, 11) is 2.08. The smallest absolute Gasteiger partial charge is 0.189 e. The van der Waals surface area contributed by atoms with Crippen molar-refractivity contribution in [1.82, 2.24) is 20.6 Å². The van der Waals surface area contributed by atoms with Gasteiger partial charge in [0, 0.05) is 51.4 Å². The van der Waals surface area contributed by atoms with Crippen LogP contribution < -0.4 is 15.6 Å². The number of thiocarbonyl (C=S) groups is 1. The molecule has 2 aliphatic rings. The zero-order valence-corrected chi connectivity index (χ0v) is 14.7. The number of nitrogens with zero attached hydrogens (tertiary/aromatic N) is 4. The minimum Gasteiger partial charge on any atom is -0.372 e. The first kappa shape index (κ1) is 16.1. The number of nitrogens with one attached hydrogen (secondary N) is 2. The number of hydrazone groups is 1. The molecule has 3 heterocycles. The molecule has 1 saturated heterocycles. The van der Waals surface area contributed by atoms with Crippen molar-refractivity contribution in [2.75, 3.05) is 31.6 Å². The molecule has 0 unspecified atom stereocenters. The Morgan fingerprint density at radius 1 is 1.39 bits per heavy atom. The first-order valence-corrected chi connectivity index (χ1v) is 8.49. The number of aromatic nitrogens is 1.